The zero-order chi connectivity index (χ0) is 15.5. The van der Waals surface area contributed by atoms with Crippen LogP contribution in [0.25, 0.3) is 0 Å². The number of aromatic nitrogens is 2. The normalized spacial score (nSPS) is 13.5. The summed E-state index contributed by atoms with van der Waals surface area (Å²) in [5, 5.41) is 12.7. The lowest BCUT2D eigenvalue weighted by molar-refractivity contribution is 0.277. The van der Waals surface area contributed by atoms with Gasteiger partial charge in [0.2, 0.25) is 10.0 Å². The fourth-order valence-electron chi connectivity index (χ4n) is 1.88. The van der Waals surface area contributed by atoms with E-state index in [2.05, 4.69) is 9.82 Å². The Morgan fingerprint density at radius 1 is 1.48 bits per heavy atom. The van der Waals surface area contributed by atoms with Crippen LogP contribution in [-0.4, -0.2) is 29.9 Å². The third-order valence-electron chi connectivity index (χ3n) is 2.99. The van der Waals surface area contributed by atoms with E-state index in [1.807, 2.05) is 0 Å². The highest BCUT2D eigenvalue weighted by Crippen LogP contribution is 2.18. The van der Waals surface area contributed by atoms with Gasteiger partial charge in [-0.2, -0.15) is 5.10 Å². The number of nitrogens with one attached hydrogen (secondary N) is 1. The molecule has 1 atom stereocenters. The van der Waals surface area contributed by atoms with Gasteiger partial charge in [0.25, 0.3) is 0 Å². The number of aliphatic hydroxyl groups excluding tert-OH is 1. The predicted octanol–water partition coefficient (Wildman–Crippen LogP) is 1.21. The molecule has 0 saturated carbocycles. The standard InChI is InChI=1S/C13H19N3O4S/c1-10-4-5-13(20-10)11(2)15-21(18,19)12-8-14-16(9-12)6-3-7-17/h4-5,8-9,11,15,17H,3,6-7H2,1-2H3. The molecule has 116 valence electrons. The molecule has 0 aliphatic heterocycles. The van der Waals surface area contributed by atoms with E-state index in [9.17, 15) is 8.42 Å². The highest BCUT2D eigenvalue weighted by molar-refractivity contribution is 7.89. The molecule has 0 amide bonds. The molecular formula is C13H19N3O4S. The Bertz CT molecular complexity index is 690. The largest absolute Gasteiger partial charge is 0.465 e. The second-order valence-corrected chi connectivity index (χ2v) is 6.52. The molecule has 2 aromatic rings. The van der Waals surface area contributed by atoms with Gasteiger partial charge in [0.15, 0.2) is 0 Å². The summed E-state index contributed by atoms with van der Waals surface area (Å²) in [7, 11) is -3.66. The Hall–Kier alpha value is -1.64. The Labute approximate surface area is 123 Å². The number of furan rings is 1. The fourth-order valence-corrected chi connectivity index (χ4v) is 3.05. The zero-order valence-corrected chi connectivity index (χ0v) is 12.8. The van der Waals surface area contributed by atoms with Gasteiger partial charge >= 0.3 is 0 Å². The smallest absolute Gasteiger partial charge is 0.244 e. The van der Waals surface area contributed by atoms with Crippen LogP contribution in [0, 0.1) is 6.92 Å². The van der Waals surface area contributed by atoms with Gasteiger partial charge < -0.3 is 9.52 Å². The summed E-state index contributed by atoms with van der Waals surface area (Å²) in [6.45, 7) is 4.02. The van der Waals surface area contributed by atoms with E-state index in [4.69, 9.17) is 9.52 Å². The van der Waals surface area contributed by atoms with Gasteiger partial charge in [-0.1, -0.05) is 0 Å². The van der Waals surface area contributed by atoms with E-state index in [-0.39, 0.29) is 11.5 Å². The molecule has 7 nitrogen and oxygen atoms in total. The number of aryl methyl sites for hydroxylation is 2. The second kappa shape index (κ2) is 6.42. The first-order chi connectivity index (χ1) is 9.92. The van der Waals surface area contributed by atoms with Crippen LogP contribution in [0.15, 0.2) is 33.8 Å². The molecule has 0 fully saturated rings. The monoisotopic (exact) mass is 313 g/mol. The average molecular weight is 313 g/mol. The Morgan fingerprint density at radius 3 is 2.86 bits per heavy atom. The lowest BCUT2D eigenvalue weighted by atomic mass is 10.3. The van der Waals surface area contributed by atoms with E-state index >= 15 is 0 Å². The maximum atomic E-state index is 12.3. The van der Waals surface area contributed by atoms with Crippen molar-refractivity contribution in [3.63, 3.8) is 0 Å². The van der Waals surface area contributed by atoms with Crippen molar-refractivity contribution in [3.05, 3.63) is 36.0 Å². The summed E-state index contributed by atoms with van der Waals surface area (Å²) in [5.41, 5.74) is 0. The topological polar surface area (TPSA) is 97.4 Å². The third kappa shape index (κ3) is 3.93. The van der Waals surface area contributed by atoms with Crippen LogP contribution in [0.3, 0.4) is 0 Å². The Kier molecular flexibility index (Phi) is 4.81. The van der Waals surface area contributed by atoms with E-state index in [0.29, 0.717) is 18.7 Å². The van der Waals surface area contributed by atoms with Crippen LogP contribution in [0.5, 0.6) is 0 Å². The molecule has 8 heteroatoms. The van der Waals surface area contributed by atoms with Gasteiger partial charge in [-0.05, 0) is 32.4 Å². The molecule has 2 N–H and O–H groups in total. The second-order valence-electron chi connectivity index (χ2n) is 4.81. The van der Waals surface area contributed by atoms with Gasteiger partial charge in [0.1, 0.15) is 16.4 Å². The summed E-state index contributed by atoms with van der Waals surface area (Å²) in [5.74, 6) is 1.29. The number of hydrogen-bond donors (Lipinski definition) is 2. The highest BCUT2D eigenvalue weighted by Gasteiger charge is 2.21. The zero-order valence-electron chi connectivity index (χ0n) is 12.0. The fraction of sp³-hybridized carbons (Fsp3) is 0.462. The first kappa shape index (κ1) is 15.7. The predicted molar refractivity (Wildman–Crippen MR) is 76.1 cm³/mol. The van der Waals surface area contributed by atoms with Gasteiger partial charge in [0, 0.05) is 19.3 Å². The minimum Gasteiger partial charge on any atom is -0.465 e. The summed E-state index contributed by atoms with van der Waals surface area (Å²) < 4.78 is 34.0. The van der Waals surface area contributed by atoms with E-state index in [1.165, 1.54) is 17.1 Å². The van der Waals surface area contributed by atoms with Crippen molar-refractivity contribution in [3.8, 4) is 0 Å². The van der Waals surface area contributed by atoms with E-state index < -0.39 is 16.1 Å². The summed E-state index contributed by atoms with van der Waals surface area (Å²) in [6, 6.07) is 3.06. The van der Waals surface area contributed by atoms with E-state index in [1.54, 1.807) is 26.0 Å². The molecule has 0 radical (unpaired) electrons. The maximum absolute atomic E-state index is 12.3. The Morgan fingerprint density at radius 2 is 2.24 bits per heavy atom. The number of hydrogen-bond acceptors (Lipinski definition) is 5. The maximum Gasteiger partial charge on any atom is 0.244 e. The minimum atomic E-state index is -3.66. The molecule has 0 bridgehead atoms. The van der Waals surface area contributed by atoms with Crippen molar-refractivity contribution in [2.75, 3.05) is 6.61 Å². The van der Waals surface area contributed by atoms with Crippen LogP contribution in [0.4, 0.5) is 0 Å². The van der Waals surface area contributed by atoms with Crippen molar-refractivity contribution >= 4 is 10.0 Å². The summed E-state index contributed by atoms with van der Waals surface area (Å²) in [6.07, 6.45) is 3.26. The lowest BCUT2D eigenvalue weighted by Gasteiger charge is -2.10. The summed E-state index contributed by atoms with van der Waals surface area (Å²) in [4.78, 5) is 0.0931. The molecule has 0 aromatic carbocycles. The molecule has 2 rings (SSSR count). The van der Waals surface area contributed by atoms with Gasteiger partial charge in [-0.25, -0.2) is 13.1 Å². The average Bonchev–Trinajstić information content (AvgIpc) is 3.05. The van der Waals surface area contributed by atoms with Crippen LogP contribution in [-0.2, 0) is 16.6 Å². The number of nitrogens with zero attached hydrogens (tertiary/aromatic N) is 2. The summed E-state index contributed by atoms with van der Waals surface area (Å²) >= 11 is 0. The van der Waals surface area contributed by atoms with E-state index in [0.717, 1.165) is 5.76 Å². The lowest BCUT2D eigenvalue weighted by Crippen LogP contribution is -2.26. The highest BCUT2D eigenvalue weighted by atomic mass is 32.2. The van der Waals surface area contributed by atoms with Crippen LogP contribution in [0.2, 0.25) is 0 Å². The quantitative estimate of drug-likeness (QED) is 0.800. The number of sulfonamides is 1. The first-order valence-electron chi connectivity index (χ1n) is 6.64. The molecule has 1 unspecified atom stereocenters. The molecule has 2 aromatic heterocycles. The number of aliphatic hydroxyl groups is 1. The van der Waals surface area contributed by atoms with Gasteiger partial charge in [-0.3, -0.25) is 4.68 Å². The van der Waals surface area contributed by atoms with Gasteiger partial charge in [-0.15, -0.1) is 0 Å². The van der Waals surface area contributed by atoms with Crippen molar-refractivity contribution < 1.29 is 17.9 Å². The molecule has 21 heavy (non-hydrogen) atoms. The molecule has 0 aliphatic carbocycles. The van der Waals surface area contributed by atoms with Crippen molar-refractivity contribution in [2.24, 2.45) is 0 Å². The first-order valence-corrected chi connectivity index (χ1v) is 8.12. The van der Waals surface area contributed by atoms with Crippen LogP contribution in [0.1, 0.15) is 30.9 Å². The molecule has 0 aliphatic rings. The van der Waals surface area contributed by atoms with Crippen molar-refractivity contribution in [2.45, 2.75) is 37.8 Å². The minimum absolute atomic E-state index is 0.0368. The molecule has 2 heterocycles. The van der Waals surface area contributed by atoms with Gasteiger partial charge in [0.05, 0.1) is 12.2 Å². The van der Waals surface area contributed by atoms with Crippen LogP contribution < -0.4 is 4.72 Å². The molecular weight excluding hydrogens is 294 g/mol. The number of rotatable bonds is 7. The van der Waals surface area contributed by atoms with Crippen molar-refractivity contribution in [1.82, 2.24) is 14.5 Å². The van der Waals surface area contributed by atoms with Crippen molar-refractivity contribution in [1.29, 1.82) is 0 Å². The van der Waals surface area contributed by atoms with Crippen LogP contribution >= 0.6 is 0 Å². The Balaban J connectivity index is 2.09. The molecule has 0 spiro atoms. The SMILES string of the molecule is Cc1ccc(C(C)NS(=O)(=O)c2cnn(CCCO)c2)o1. The molecule has 0 saturated heterocycles. The third-order valence-corrected chi connectivity index (χ3v) is 4.48.